The van der Waals surface area contributed by atoms with Gasteiger partial charge in [0.2, 0.25) is 0 Å². The molecule has 0 aliphatic heterocycles. The topological polar surface area (TPSA) is 94.0 Å². The Kier molecular flexibility index (Phi) is 4.54. The largest absolute Gasteiger partial charge is 0.399 e. The van der Waals surface area contributed by atoms with Gasteiger partial charge in [-0.05, 0) is 30.3 Å². The first-order valence-corrected chi connectivity index (χ1v) is 6.73. The lowest BCUT2D eigenvalue weighted by Gasteiger charge is -2.05. The van der Waals surface area contributed by atoms with Crippen molar-refractivity contribution < 1.29 is 9.18 Å². The molecule has 5 N–H and O–H groups in total. The average molecular weight is 292 g/mol. The van der Waals surface area contributed by atoms with Gasteiger partial charge in [-0.25, -0.2) is 15.2 Å². The van der Waals surface area contributed by atoms with Crippen LogP contribution in [0.1, 0.15) is 16.2 Å². The number of hydrazine groups is 1. The van der Waals surface area contributed by atoms with Gasteiger partial charge in [-0.2, -0.15) is 0 Å². The molecule has 0 atom stereocenters. The number of pyridine rings is 1. The summed E-state index contributed by atoms with van der Waals surface area (Å²) in [5.41, 5.74) is 8.77. The number of aromatic nitrogens is 1. The second-order valence-corrected chi connectivity index (χ2v) is 4.98. The quantitative estimate of drug-likeness (QED) is 0.262. The maximum atomic E-state index is 13.6. The van der Waals surface area contributed by atoms with E-state index in [4.69, 9.17) is 11.6 Å². The van der Waals surface area contributed by atoms with Crippen molar-refractivity contribution in [2.75, 3.05) is 5.73 Å². The molecule has 1 aromatic heterocycles. The highest BCUT2D eigenvalue weighted by Gasteiger charge is 2.08. The van der Waals surface area contributed by atoms with Crippen LogP contribution in [-0.2, 0) is 5.75 Å². The van der Waals surface area contributed by atoms with Crippen LogP contribution in [0.15, 0.2) is 41.3 Å². The minimum atomic E-state index is -0.462. The molecule has 20 heavy (non-hydrogen) atoms. The smallest absolute Gasteiger partial charge is 0.283 e. The molecule has 0 fully saturated rings. The van der Waals surface area contributed by atoms with Crippen LogP contribution >= 0.6 is 11.8 Å². The summed E-state index contributed by atoms with van der Waals surface area (Å²) in [6.07, 6.45) is 0. The fourth-order valence-electron chi connectivity index (χ4n) is 1.55. The molecular weight excluding hydrogens is 279 g/mol. The van der Waals surface area contributed by atoms with Crippen LogP contribution in [-0.4, -0.2) is 10.9 Å². The van der Waals surface area contributed by atoms with Gasteiger partial charge < -0.3 is 5.73 Å². The minimum Gasteiger partial charge on any atom is -0.399 e. The van der Waals surface area contributed by atoms with Crippen molar-refractivity contribution in [2.24, 2.45) is 5.84 Å². The zero-order chi connectivity index (χ0) is 14.5. The van der Waals surface area contributed by atoms with Crippen LogP contribution in [0.25, 0.3) is 0 Å². The number of nitrogens with one attached hydrogen (secondary N) is 1. The van der Waals surface area contributed by atoms with E-state index in [2.05, 4.69) is 4.98 Å². The molecule has 0 unspecified atom stereocenters. The lowest BCUT2D eigenvalue weighted by Crippen LogP contribution is -2.30. The van der Waals surface area contributed by atoms with Crippen molar-refractivity contribution >= 4 is 23.4 Å². The van der Waals surface area contributed by atoms with Crippen molar-refractivity contribution in [2.45, 2.75) is 10.6 Å². The van der Waals surface area contributed by atoms with E-state index in [1.54, 1.807) is 30.3 Å². The van der Waals surface area contributed by atoms with Crippen molar-refractivity contribution in [3.8, 4) is 0 Å². The molecule has 0 radical (unpaired) electrons. The number of hydrogen-bond acceptors (Lipinski definition) is 5. The first kappa shape index (κ1) is 14.3. The van der Waals surface area contributed by atoms with Gasteiger partial charge in [0.05, 0.1) is 5.69 Å². The monoisotopic (exact) mass is 292 g/mol. The van der Waals surface area contributed by atoms with Crippen LogP contribution in [0.3, 0.4) is 0 Å². The van der Waals surface area contributed by atoms with Crippen LogP contribution in [0.4, 0.5) is 10.1 Å². The van der Waals surface area contributed by atoms with Gasteiger partial charge in [0.1, 0.15) is 11.5 Å². The Labute approximate surface area is 119 Å². The van der Waals surface area contributed by atoms with Gasteiger partial charge in [0, 0.05) is 16.3 Å². The Morgan fingerprint density at radius 3 is 2.85 bits per heavy atom. The molecule has 1 heterocycles. The average Bonchev–Trinajstić information content (AvgIpc) is 2.46. The van der Waals surface area contributed by atoms with Crippen LogP contribution < -0.4 is 17.0 Å². The van der Waals surface area contributed by atoms with E-state index < -0.39 is 5.91 Å². The number of amides is 1. The molecular formula is C13H13FN4OS. The summed E-state index contributed by atoms with van der Waals surface area (Å²) in [4.78, 5) is 16.0. The molecule has 0 bridgehead atoms. The summed E-state index contributed by atoms with van der Waals surface area (Å²) in [6.45, 7) is 0. The van der Waals surface area contributed by atoms with Gasteiger partial charge in [0.15, 0.2) is 0 Å². The van der Waals surface area contributed by atoms with Crippen LogP contribution in [0, 0.1) is 5.82 Å². The number of halogens is 1. The number of hydrogen-bond donors (Lipinski definition) is 3. The molecule has 0 saturated carbocycles. The Morgan fingerprint density at radius 2 is 2.15 bits per heavy atom. The van der Waals surface area contributed by atoms with E-state index in [9.17, 15) is 9.18 Å². The summed E-state index contributed by atoms with van der Waals surface area (Å²) in [5.74, 6) is 4.65. The Balaban J connectivity index is 2.09. The number of carbonyl (C=O) groups is 1. The third kappa shape index (κ3) is 3.46. The van der Waals surface area contributed by atoms with Crippen molar-refractivity contribution in [3.63, 3.8) is 0 Å². The molecule has 5 nitrogen and oxygen atoms in total. The maximum absolute atomic E-state index is 13.6. The molecule has 2 rings (SSSR count). The number of nitrogens with two attached hydrogens (primary N) is 2. The predicted octanol–water partition coefficient (Wildman–Crippen LogP) is 1.70. The SMILES string of the molecule is NNC(=O)c1cccc(CSc2ccc(N)cc2F)n1. The maximum Gasteiger partial charge on any atom is 0.283 e. The van der Waals surface area contributed by atoms with E-state index in [-0.39, 0.29) is 11.5 Å². The van der Waals surface area contributed by atoms with Gasteiger partial charge in [0.25, 0.3) is 5.91 Å². The third-order valence-electron chi connectivity index (χ3n) is 2.50. The number of rotatable bonds is 4. The van der Waals surface area contributed by atoms with Gasteiger partial charge >= 0.3 is 0 Å². The van der Waals surface area contributed by atoms with Crippen LogP contribution in [0.2, 0.25) is 0 Å². The summed E-state index contributed by atoms with van der Waals surface area (Å²) < 4.78 is 13.6. The highest BCUT2D eigenvalue weighted by Crippen LogP contribution is 2.26. The van der Waals surface area contributed by atoms with E-state index >= 15 is 0 Å². The second kappa shape index (κ2) is 6.36. The van der Waals surface area contributed by atoms with Gasteiger partial charge in [-0.3, -0.25) is 10.2 Å². The summed E-state index contributed by atoms with van der Waals surface area (Å²) >= 11 is 1.28. The van der Waals surface area contributed by atoms with Crippen LogP contribution in [0.5, 0.6) is 0 Å². The Bertz CT molecular complexity index is 636. The standard InChI is InChI=1S/C13H13FN4OS/c14-10-6-8(15)4-5-12(10)20-7-9-2-1-3-11(17-9)13(19)18-16/h1-6H,7,15-16H2,(H,18,19). The Morgan fingerprint density at radius 1 is 1.35 bits per heavy atom. The van der Waals surface area contributed by atoms with E-state index in [1.807, 2.05) is 5.43 Å². The Hall–Kier alpha value is -2.12. The highest BCUT2D eigenvalue weighted by atomic mass is 32.2. The zero-order valence-corrected chi connectivity index (χ0v) is 11.3. The number of carbonyl (C=O) groups excluding carboxylic acids is 1. The molecule has 1 aromatic carbocycles. The predicted molar refractivity (Wildman–Crippen MR) is 76.3 cm³/mol. The molecule has 0 saturated heterocycles. The number of nitrogens with zero attached hydrogens (tertiary/aromatic N) is 1. The van der Waals surface area contributed by atoms with E-state index in [0.717, 1.165) is 0 Å². The third-order valence-corrected chi connectivity index (χ3v) is 3.58. The second-order valence-electron chi connectivity index (χ2n) is 3.97. The summed E-state index contributed by atoms with van der Waals surface area (Å²) in [7, 11) is 0. The molecule has 0 spiro atoms. The van der Waals surface area contributed by atoms with Gasteiger partial charge in [-0.1, -0.05) is 6.07 Å². The first-order valence-electron chi connectivity index (χ1n) is 5.75. The van der Waals surface area contributed by atoms with Crippen molar-refractivity contribution in [3.05, 3.63) is 53.6 Å². The fourth-order valence-corrected chi connectivity index (χ4v) is 2.37. The summed E-state index contributed by atoms with van der Waals surface area (Å²) in [6, 6.07) is 9.54. The minimum absolute atomic E-state index is 0.225. The molecule has 2 aromatic rings. The molecule has 7 heteroatoms. The van der Waals surface area contributed by atoms with Crippen molar-refractivity contribution in [1.82, 2.24) is 10.4 Å². The van der Waals surface area contributed by atoms with E-state index in [1.165, 1.54) is 17.8 Å². The van der Waals surface area contributed by atoms with Gasteiger partial charge in [-0.15, -0.1) is 11.8 Å². The molecule has 0 aliphatic carbocycles. The summed E-state index contributed by atoms with van der Waals surface area (Å²) in [5, 5.41) is 0. The normalized spacial score (nSPS) is 10.3. The number of benzene rings is 1. The lowest BCUT2D eigenvalue weighted by atomic mass is 10.3. The number of nitrogen functional groups attached to an aromatic ring is 2. The molecule has 1 amide bonds. The molecule has 104 valence electrons. The first-order chi connectivity index (χ1) is 9.60. The molecule has 0 aliphatic rings. The number of thioether (sulfide) groups is 1. The fraction of sp³-hybridized carbons (Fsp3) is 0.0769. The lowest BCUT2D eigenvalue weighted by molar-refractivity contribution is 0.0948. The number of anilines is 1. The highest BCUT2D eigenvalue weighted by molar-refractivity contribution is 7.98. The van der Waals surface area contributed by atoms with Crippen molar-refractivity contribution in [1.29, 1.82) is 0 Å². The van der Waals surface area contributed by atoms with E-state index in [0.29, 0.717) is 22.0 Å². The zero-order valence-electron chi connectivity index (χ0n) is 10.5.